The summed E-state index contributed by atoms with van der Waals surface area (Å²) >= 11 is 5.37. The number of aliphatic hydroxyl groups excluding tert-OH is 1. The summed E-state index contributed by atoms with van der Waals surface area (Å²) in [7, 11) is -3.20. The number of halogens is 1. The Kier molecular flexibility index (Phi) is 6.67. The molecule has 0 aliphatic carbocycles. The molecule has 0 aromatic carbocycles. The van der Waals surface area contributed by atoms with Crippen molar-refractivity contribution in [2.75, 3.05) is 31.3 Å². The van der Waals surface area contributed by atoms with Gasteiger partial charge in [-0.1, -0.05) is 6.92 Å². The van der Waals surface area contributed by atoms with E-state index >= 15 is 0 Å². The van der Waals surface area contributed by atoms with Crippen molar-refractivity contribution in [2.24, 2.45) is 0 Å². The quantitative estimate of drug-likeness (QED) is 0.638. The van der Waals surface area contributed by atoms with Gasteiger partial charge in [0.1, 0.15) is 0 Å². The highest BCUT2D eigenvalue weighted by molar-refractivity contribution is 7.89. The Bertz CT molecular complexity index is 218. The Morgan fingerprint density at radius 3 is 2.46 bits per heavy atom. The summed E-state index contributed by atoms with van der Waals surface area (Å²) in [5, 5.41) is 8.56. The zero-order chi connectivity index (χ0) is 10.3. The Hall–Kier alpha value is 0.160. The molecule has 0 radical (unpaired) electrons. The summed E-state index contributed by atoms with van der Waals surface area (Å²) in [5.74, 6) is 0.0752. The van der Waals surface area contributed by atoms with E-state index in [0.29, 0.717) is 19.5 Å². The predicted octanol–water partition coefficient (Wildman–Crippen LogP) is 0.259. The summed E-state index contributed by atoms with van der Waals surface area (Å²) in [6, 6.07) is 0. The molecule has 0 aliphatic rings. The first-order valence-electron chi connectivity index (χ1n) is 4.23. The third-order valence-corrected chi connectivity index (χ3v) is 4.01. The molecule has 0 amide bonds. The summed E-state index contributed by atoms with van der Waals surface area (Å²) < 4.78 is 24.2. The molecule has 0 rings (SSSR count). The number of sulfonamides is 1. The first-order valence-corrected chi connectivity index (χ1v) is 6.37. The van der Waals surface area contributed by atoms with Crippen LogP contribution in [-0.4, -0.2) is 49.2 Å². The van der Waals surface area contributed by atoms with Crippen molar-refractivity contribution >= 4 is 21.6 Å². The van der Waals surface area contributed by atoms with Gasteiger partial charge in [-0.05, 0) is 6.42 Å². The standard InChI is InChI=1S/C7H16ClNO3S/c1-2-9(5-3-6-10)13(11,12)7-4-8/h10H,2-7H2,1H3. The Morgan fingerprint density at radius 2 is 2.08 bits per heavy atom. The molecule has 0 aromatic rings. The van der Waals surface area contributed by atoms with Gasteiger partial charge in [0.25, 0.3) is 0 Å². The van der Waals surface area contributed by atoms with Crippen LogP contribution in [0.25, 0.3) is 0 Å². The molecule has 1 N–H and O–H groups in total. The predicted molar refractivity (Wildman–Crippen MR) is 53.5 cm³/mol. The van der Waals surface area contributed by atoms with E-state index in [1.54, 1.807) is 6.92 Å². The van der Waals surface area contributed by atoms with Crippen molar-refractivity contribution in [1.29, 1.82) is 0 Å². The topological polar surface area (TPSA) is 57.6 Å². The van der Waals surface area contributed by atoms with E-state index in [1.807, 2.05) is 0 Å². The maximum Gasteiger partial charge on any atom is 0.215 e. The second-order valence-electron chi connectivity index (χ2n) is 2.57. The third kappa shape index (κ3) is 4.81. The highest BCUT2D eigenvalue weighted by atomic mass is 35.5. The van der Waals surface area contributed by atoms with E-state index < -0.39 is 10.0 Å². The zero-order valence-corrected chi connectivity index (χ0v) is 9.31. The lowest BCUT2D eigenvalue weighted by atomic mass is 10.4. The van der Waals surface area contributed by atoms with Gasteiger partial charge in [-0.2, -0.15) is 0 Å². The third-order valence-electron chi connectivity index (χ3n) is 1.65. The van der Waals surface area contributed by atoms with Gasteiger partial charge in [0, 0.05) is 25.6 Å². The molecule has 6 heteroatoms. The Labute approximate surface area is 84.5 Å². The fourth-order valence-corrected chi connectivity index (χ4v) is 2.81. The van der Waals surface area contributed by atoms with E-state index in [0.717, 1.165) is 0 Å². The molecular formula is C7H16ClNO3S. The fourth-order valence-electron chi connectivity index (χ4n) is 0.968. The van der Waals surface area contributed by atoms with Gasteiger partial charge < -0.3 is 5.11 Å². The van der Waals surface area contributed by atoms with Crippen molar-refractivity contribution in [3.05, 3.63) is 0 Å². The molecule has 80 valence electrons. The summed E-state index contributed by atoms with van der Waals surface area (Å²) in [6.45, 7) is 2.57. The first kappa shape index (κ1) is 13.2. The smallest absolute Gasteiger partial charge is 0.215 e. The van der Waals surface area contributed by atoms with Crippen LogP contribution in [0.3, 0.4) is 0 Å². The lowest BCUT2D eigenvalue weighted by molar-refractivity contribution is 0.271. The van der Waals surface area contributed by atoms with Crippen LogP contribution < -0.4 is 0 Å². The van der Waals surface area contributed by atoms with Gasteiger partial charge in [-0.25, -0.2) is 12.7 Å². The molecule has 0 saturated carbocycles. The maximum absolute atomic E-state index is 11.4. The molecule has 0 saturated heterocycles. The van der Waals surface area contributed by atoms with Crippen LogP contribution in [-0.2, 0) is 10.0 Å². The molecule has 0 bridgehead atoms. The number of aliphatic hydroxyl groups is 1. The monoisotopic (exact) mass is 229 g/mol. The van der Waals surface area contributed by atoms with Gasteiger partial charge in [0.2, 0.25) is 10.0 Å². The normalized spacial score (nSPS) is 12.3. The van der Waals surface area contributed by atoms with Crippen molar-refractivity contribution in [3.8, 4) is 0 Å². The molecule has 0 aliphatic heterocycles. The van der Waals surface area contributed by atoms with Crippen LogP contribution in [0.5, 0.6) is 0 Å². The summed E-state index contributed by atoms with van der Waals surface area (Å²) in [6.07, 6.45) is 0.468. The molecule has 13 heavy (non-hydrogen) atoms. The summed E-state index contributed by atoms with van der Waals surface area (Å²) in [5.41, 5.74) is 0. The van der Waals surface area contributed by atoms with Gasteiger partial charge in [0.05, 0.1) is 5.75 Å². The van der Waals surface area contributed by atoms with Crippen LogP contribution in [0.1, 0.15) is 13.3 Å². The van der Waals surface area contributed by atoms with Crippen molar-refractivity contribution in [3.63, 3.8) is 0 Å². The average molecular weight is 230 g/mol. The molecule has 0 spiro atoms. The van der Waals surface area contributed by atoms with Crippen molar-refractivity contribution in [2.45, 2.75) is 13.3 Å². The minimum Gasteiger partial charge on any atom is -0.396 e. The lowest BCUT2D eigenvalue weighted by Crippen LogP contribution is -2.34. The number of nitrogens with zero attached hydrogens (tertiary/aromatic N) is 1. The van der Waals surface area contributed by atoms with E-state index in [2.05, 4.69) is 0 Å². The van der Waals surface area contributed by atoms with Crippen molar-refractivity contribution < 1.29 is 13.5 Å². The largest absolute Gasteiger partial charge is 0.396 e. The second kappa shape index (κ2) is 6.59. The zero-order valence-electron chi connectivity index (χ0n) is 7.74. The van der Waals surface area contributed by atoms with Crippen LogP contribution in [0, 0.1) is 0 Å². The van der Waals surface area contributed by atoms with Crippen LogP contribution in [0.15, 0.2) is 0 Å². The maximum atomic E-state index is 11.4. The highest BCUT2D eigenvalue weighted by Gasteiger charge is 2.18. The van der Waals surface area contributed by atoms with Crippen LogP contribution >= 0.6 is 11.6 Å². The minimum atomic E-state index is -3.20. The molecule has 0 fully saturated rings. The molecule has 0 aromatic heterocycles. The number of hydrogen-bond acceptors (Lipinski definition) is 3. The number of hydrogen-bond donors (Lipinski definition) is 1. The number of rotatable bonds is 7. The summed E-state index contributed by atoms with van der Waals surface area (Å²) in [4.78, 5) is 0. The van der Waals surface area contributed by atoms with Crippen LogP contribution in [0.2, 0.25) is 0 Å². The SMILES string of the molecule is CCN(CCCO)S(=O)(=O)CCCl. The number of alkyl halides is 1. The molecule has 0 atom stereocenters. The van der Waals surface area contributed by atoms with E-state index in [1.165, 1.54) is 4.31 Å². The van der Waals surface area contributed by atoms with Crippen LogP contribution in [0.4, 0.5) is 0 Å². The Balaban J connectivity index is 4.20. The average Bonchev–Trinajstić information content (AvgIpc) is 2.05. The first-order chi connectivity index (χ1) is 6.08. The van der Waals surface area contributed by atoms with E-state index in [4.69, 9.17) is 16.7 Å². The lowest BCUT2D eigenvalue weighted by Gasteiger charge is -2.19. The van der Waals surface area contributed by atoms with Gasteiger partial charge >= 0.3 is 0 Å². The van der Waals surface area contributed by atoms with Crippen molar-refractivity contribution in [1.82, 2.24) is 4.31 Å². The molecule has 0 unspecified atom stereocenters. The second-order valence-corrected chi connectivity index (χ2v) is 5.04. The highest BCUT2D eigenvalue weighted by Crippen LogP contribution is 2.02. The van der Waals surface area contributed by atoms with Gasteiger partial charge in [-0.3, -0.25) is 0 Å². The van der Waals surface area contributed by atoms with E-state index in [-0.39, 0.29) is 18.2 Å². The molecule has 0 heterocycles. The fraction of sp³-hybridized carbons (Fsp3) is 1.00. The van der Waals surface area contributed by atoms with Gasteiger partial charge in [-0.15, -0.1) is 11.6 Å². The molecule has 4 nitrogen and oxygen atoms in total. The Morgan fingerprint density at radius 1 is 1.46 bits per heavy atom. The minimum absolute atomic E-state index is 0.00684. The molecular weight excluding hydrogens is 214 g/mol. The van der Waals surface area contributed by atoms with E-state index in [9.17, 15) is 8.42 Å². The van der Waals surface area contributed by atoms with Gasteiger partial charge in [0.15, 0.2) is 0 Å².